The number of nitrogens with two attached hydrogens (primary N) is 1. The fraction of sp³-hybridized carbons (Fsp3) is 0.304. The maximum atomic E-state index is 13.0. The highest BCUT2D eigenvalue weighted by molar-refractivity contribution is 7.88. The first-order valence-electron chi connectivity index (χ1n) is 11.7. The summed E-state index contributed by atoms with van der Waals surface area (Å²) in [6.45, 7) is 0.880. The number of rotatable bonds is 9. The molecule has 2 aromatic rings. The molecular formula is C23H26Cl2N8O5S. The van der Waals surface area contributed by atoms with Crippen molar-refractivity contribution in [2.24, 2.45) is 5.73 Å². The number of dihydropyridines is 1. The van der Waals surface area contributed by atoms with Crippen LogP contribution >= 0.6 is 23.2 Å². The Balaban J connectivity index is 1.52. The lowest BCUT2D eigenvalue weighted by Crippen LogP contribution is -2.52. The Morgan fingerprint density at radius 3 is 2.56 bits per heavy atom. The van der Waals surface area contributed by atoms with E-state index in [4.69, 9.17) is 33.9 Å². The molecule has 0 radical (unpaired) electrons. The average molecular weight is 597 g/mol. The number of nitro groups is 1. The number of carbonyl (C=O) groups excluding carboxylic acids is 1. The normalized spacial score (nSPS) is 18.2. The Morgan fingerprint density at radius 1 is 1.18 bits per heavy atom. The number of hydrogen-bond donors (Lipinski definition) is 4. The van der Waals surface area contributed by atoms with Crippen molar-refractivity contribution >= 4 is 50.6 Å². The van der Waals surface area contributed by atoms with E-state index in [2.05, 4.69) is 16.0 Å². The second-order valence-corrected chi connectivity index (χ2v) is 11.6. The smallest absolute Gasteiger partial charge is 0.282 e. The van der Waals surface area contributed by atoms with Gasteiger partial charge in [-0.05, 0) is 36.4 Å². The summed E-state index contributed by atoms with van der Waals surface area (Å²) in [7, 11) is -3.51. The van der Waals surface area contributed by atoms with Crippen molar-refractivity contribution in [3.05, 3.63) is 74.2 Å². The molecule has 2 aliphatic rings. The number of allylic oxidation sites excluding steroid dienone is 2. The van der Waals surface area contributed by atoms with Gasteiger partial charge in [0.15, 0.2) is 6.17 Å². The Morgan fingerprint density at radius 2 is 1.92 bits per heavy atom. The van der Waals surface area contributed by atoms with Crippen LogP contribution in [0, 0.1) is 10.1 Å². The molecule has 1 aromatic carbocycles. The van der Waals surface area contributed by atoms with Crippen LogP contribution < -0.4 is 26.6 Å². The van der Waals surface area contributed by atoms with Crippen molar-refractivity contribution < 1.29 is 18.1 Å². The topological polar surface area (TPSA) is 176 Å². The van der Waals surface area contributed by atoms with E-state index in [1.54, 1.807) is 30.3 Å². The molecule has 208 valence electrons. The quantitative estimate of drug-likeness (QED) is 0.189. The third kappa shape index (κ3) is 6.78. The number of aromatic nitrogens is 1. The fourth-order valence-electron chi connectivity index (χ4n) is 4.07. The van der Waals surface area contributed by atoms with Gasteiger partial charge in [0.25, 0.3) is 5.70 Å². The molecule has 3 heterocycles. The molecule has 0 bridgehead atoms. The third-order valence-electron chi connectivity index (χ3n) is 6.01. The van der Waals surface area contributed by atoms with Crippen LogP contribution in [0.2, 0.25) is 10.0 Å². The van der Waals surface area contributed by atoms with Crippen LogP contribution in [-0.2, 0) is 14.8 Å². The van der Waals surface area contributed by atoms with E-state index in [0.29, 0.717) is 51.7 Å². The first-order valence-corrected chi connectivity index (χ1v) is 14.3. The minimum Gasteiger partial charge on any atom is -0.370 e. The molecule has 0 spiro atoms. The van der Waals surface area contributed by atoms with Gasteiger partial charge in [-0.2, -0.15) is 4.31 Å². The van der Waals surface area contributed by atoms with Gasteiger partial charge >= 0.3 is 0 Å². The Hall–Kier alpha value is -3.43. The molecule has 1 saturated heterocycles. The SMILES string of the molecule is CS(=O)(=O)N1CCN(c2ccc(NCCNC3=CC=C([N+](=O)[O-])C(N)N3)nc2-c2ccc(Cl)cc2Cl)C(=O)C1. The van der Waals surface area contributed by atoms with Crippen molar-refractivity contribution in [1.29, 1.82) is 0 Å². The number of amides is 1. The number of hydrogen-bond acceptors (Lipinski definition) is 10. The van der Waals surface area contributed by atoms with E-state index >= 15 is 0 Å². The van der Waals surface area contributed by atoms with E-state index in [0.717, 1.165) is 10.6 Å². The van der Waals surface area contributed by atoms with E-state index < -0.39 is 21.1 Å². The molecule has 1 aromatic heterocycles. The maximum absolute atomic E-state index is 13.0. The number of sulfonamides is 1. The number of pyridine rings is 1. The summed E-state index contributed by atoms with van der Waals surface area (Å²) in [5, 5.41) is 20.8. The average Bonchev–Trinajstić information content (AvgIpc) is 2.86. The standard InChI is InChI=1S/C23H26Cl2N8O5S/c1-39(37,38)31-10-11-32(21(34)13-31)17-4-6-19(29-22(17)15-3-2-14(24)12-16(15)25)27-8-9-28-20-7-5-18(33(35)36)23(26)30-20/h2-7,12,23,28,30H,8-11,13,26H2,1H3,(H,27,29). The molecule has 13 nitrogen and oxygen atoms in total. The molecule has 4 rings (SSSR count). The summed E-state index contributed by atoms with van der Waals surface area (Å²) in [6, 6.07) is 8.38. The first kappa shape index (κ1) is 28.6. The Labute approximate surface area is 234 Å². The molecule has 1 unspecified atom stereocenters. The van der Waals surface area contributed by atoms with Crippen molar-refractivity contribution in [2.75, 3.05) is 49.2 Å². The van der Waals surface area contributed by atoms with Crippen LogP contribution in [0.3, 0.4) is 0 Å². The lowest BCUT2D eigenvalue weighted by molar-refractivity contribution is -0.430. The Bertz CT molecular complexity index is 1470. The number of anilines is 2. The summed E-state index contributed by atoms with van der Waals surface area (Å²) in [5.74, 6) is 0.658. The van der Waals surface area contributed by atoms with Gasteiger partial charge in [-0.1, -0.05) is 23.2 Å². The number of benzene rings is 1. The second kappa shape index (κ2) is 11.8. The van der Waals surface area contributed by atoms with Gasteiger partial charge in [-0.15, -0.1) is 0 Å². The van der Waals surface area contributed by atoms with Crippen LogP contribution in [-0.4, -0.2) is 73.7 Å². The summed E-state index contributed by atoms with van der Waals surface area (Å²) in [6.07, 6.45) is 3.02. The monoisotopic (exact) mass is 596 g/mol. The van der Waals surface area contributed by atoms with Crippen LogP contribution in [0.25, 0.3) is 11.3 Å². The van der Waals surface area contributed by atoms with E-state index in [9.17, 15) is 23.3 Å². The van der Waals surface area contributed by atoms with Gasteiger partial charge in [-0.25, -0.2) is 13.4 Å². The van der Waals surface area contributed by atoms with Crippen molar-refractivity contribution in [3.8, 4) is 11.3 Å². The fourth-order valence-corrected chi connectivity index (χ4v) is 5.33. The lowest BCUT2D eigenvalue weighted by atomic mass is 10.1. The molecule has 1 atom stereocenters. The molecule has 0 aliphatic carbocycles. The minimum absolute atomic E-state index is 0.132. The zero-order valence-electron chi connectivity index (χ0n) is 20.7. The molecule has 39 heavy (non-hydrogen) atoms. The largest absolute Gasteiger partial charge is 0.370 e. The highest BCUT2D eigenvalue weighted by atomic mass is 35.5. The zero-order chi connectivity index (χ0) is 28.3. The third-order valence-corrected chi connectivity index (χ3v) is 7.81. The van der Waals surface area contributed by atoms with Gasteiger partial charge in [0.1, 0.15) is 11.6 Å². The van der Waals surface area contributed by atoms with Gasteiger partial charge in [0.05, 0.1) is 34.1 Å². The molecule has 1 fully saturated rings. The lowest BCUT2D eigenvalue weighted by Gasteiger charge is -2.33. The summed E-state index contributed by atoms with van der Waals surface area (Å²) < 4.78 is 25.0. The number of carbonyl (C=O) groups is 1. The van der Waals surface area contributed by atoms with Crippen molar-refractivity contribution in [3.63, 3.8) is 0 Å². The Kier molecular flexibility index (Phi) is 8.61. The molecular weight excluding hydrogens is 571 g/mol. The van der Waals surface area contributed by atoms with Crippen molar-refractivity contribution in [2.45, 2.75) is 6.17 Å². The van der Waals surface area contributed by atoms with Crippen molar-refractivity contribution in [1.82, 2.24) is 19.9 Å². The first-order chi connectivity index (χ1) is 18.4. The number of piperazine rings is 1. The molecule has 5 N–H and O–H groups in total. The molecule has 0 saturated carbocycles. The minimum atomic E-state index is -3.51. The molecule has 16 heteroatoms. The summed E-state index contributed by atoms with van der Waals surface area (Å²) >= 11 is 12.6. The summed E-state index contributed by atoms with van der Waals surface area (Å²) in [4.78, 5) is 29.6. The summed E-state index contributed by atoms with van der Waals surface area (Å²) in [5.41, 5.74) is 7.10. The van der Waals surface area contributed by atoms with Crippen LogP contribution in [0.5, 0.6) is 0 Å². The van der Waals surface area contributed by atoms with Crippen LogP contribution in [0.4, 0.5) is 11.5 Å². The zero-order valence-corrected chi connectivity index (χ0v) is 23.1. The van der Waals surface area contributed by atoms with Gasteiger partial charge in [-0.3, -0.25) is 14.9 Å². The number of nitrogens with zero attached hydrogens (tertiary/aromatic N) is 4. The van der Waals surface area contributed by atoms with Gasteiger partial charge in [0, 0.05) is 42.8 Å². The molecule has 1 amide bonds. The highest BCUT2D eigenvalue weighted by Crippen LogP contribution is 2.37. The van der Waals surface area contributed by atoms with Gasteiger partial charge < -0.3 is 26.6 Å². The van der Waals surface area contributed by atoms with Crippen LogP contribution in [0.1, 0.15) is 0 Å². The second-order valence-electron chi connectivity index (χ2n) is 8.73. The number of halogens is 2. The highest BCUT2D eigenvalue weighted by Gasteiger charge is 2.32. The number of nitrogens with one attached hydrogen (secondary N) is 3. The van der Waals surface area contributed by atoms with E-state index in [1.165, 1.54) is 17.1 Å². The van der Waals surface area contributed by atoms with E-state index in [-0.39, 0.29) is 31.2 Å². The van der Waals surface area contributed by atoms with Crippen LogP contribution in [0.15, 0.2) is 54.0 Å². The van der Waals surface area contributed by atoms with E-state index in [1.807, 2.05) is 0 Å². The predicted octanol–water partition coefficient (Wildman–Crippen LogP) is 1.56. The maximum Gasteiger partial charge on any atom is 0.282 e. The van der Waals surface area contributed by atoms with Gasteiger partial charge in [0.2, 0.25) is 15.9 Å². The molecule has 2 aliphatic heterocycles. The predicted molar refractivity (Wildman–Crippen MR) is 149 cm³/mol.